The van der Waals surface area contributed by atoms with E-state index in [1.165, 1.54) is 60.2 Å². The van der Waals surface area contributed by atoms with Crippen LogP contribution in [0.4, 0.5) is 0 Å². The molecule has 0 aromatic heterocycles. The highest BCUT2D eigenvalue weighted by atomic mass is 16.5. The highest BCUT2D eigenvalue weighted by Crippen LogP contribution is 2.43. The summed E-state index contributed by atoms with van der Waals surface area (Å²) in [7, 11) is 0. The second kappa shape index (κ2) is 12.7. The number of hydrogen-bond acceptors (Lipinski definition) is 2. The average Bonchev–Trinajstić information content (AvgIpc) is 2.80. The fraction of sp³-hybridized carbons (Fsp3) is 0.533. The zero-order valence-corrected chi connectivity index (χ0v) is 20.7. The number of ether oxygens (including phenoxy) is 2. The van der Waals surface area contributed by atoms with Crippen LogP contribution in [0.25, 0.3) is 21.5 Å². The molecule has 0 saturated heterocycles. The molecule has 0 atom stereocenters. The summed E-state index contributed by atoms with van der Waals surface area (Å²) < 4.78 is 12.9. The van der Waals surface area contributed by atoms with Crippen molar-refractivity contribution in [3.63, 3.8) is 0 Å². The van der Waals surface area contributed by atoms with Gasteiger partial charge in [0, 0.05) is 21.5 Å². The summed E-state index contributed by atoms with van der Waals surface area (Å²) >= 11 is 0. The van der Waals surface area contributed by atoms with Gasteiger partial charge in [0.2, 0.25) is 0 Å². The lowest BCUT2D eigenvalue weighted by atomic mass is 9.96. The van der Waals surface area contributed by atoms with E-state index in [1.807, 2.05) is 0 Å². The Balaban J connectivity index is 2.04. The molecule has 0 saturated carbocycles. The van der Waals surface area contributed by atoms with Crippen molar-refractivity contribution in [2.45, 2.75) is 85.5 Å². The molecule has 0 spiro atoms. The molecule has 0 heterocycles. The van der Waals surface area contributed by atoms with E-state index >= 15 is 0 Å². The Morgan fingerprint density at radius 1 is 0.656 bits per heavy atom. The molecule has 2 nitrogen and oxygen atoms in total. The predicted octanol–water partition coefficient (Wildman–Crippen LogP) is 9.11. The summed E-state index contributed by atoms with van der Waals surface area (Å²) in [4.78, 5) is 0. The van der Waals surface area contributed by atoms with Crippen LogP contribution in [-0.2, 0) is 6.42 Å². The Bertz CT molecular complexity index is 973. The molecule has 0 amide bonds. The van der Waals surface area contributed by atoms with Gasteiger partial charge in [-0.1, -0.05) is 96.2 Å². The van der Waals surface area contributed by atoms with E-state index in [1.54, 1.807) is 0 Å². The Labute approximate surface area is 195 Å². The second-order valence-electron chi connectivity index (χ2n) is 9.48. The van der Waals surface area contributed by atoms with Gasteiger partial charge in [-0.3, -0.25) is 0 Å². The van der Waals surface area contributed by atoms with Crippen molar-refractivity contribution < 1.29 is 9.47 Å². The number of aryl methyl sites for hydroxylation is 1. The van der Waals surface area contributed by atoms with Crippen LogP contribution in [0.1, 0.15) is 84.6 Å². The van der Waals surface area contributed by atoms with Crippen LogP contribution in [0, 0.1) is 5.92 Å². The van der Waals surface area contributed by atoms with Crippen LogP contribution < -0.4 is 9.47 Å². The van der Waals surface area contributed by atoms with Crippen LogP contribution in [-0.4, -0.2) is 13.2 Å². The average molecular weight is 435 g/mol. The predicted molar refractivity (Wildman–Crippen MR) is 139 cm³/mol. The summed E-state index contributed by atoms with van der Waals surface area (Å²) in [5, 5.41) is 4.71. The van der Waals surface area contributed by atoms with Crippen LogP contribution in [0.15, 0.2) is 42.5 Å². The molecule has 2 heteroatoms. The zero-order chi connectivity index (χ0) is 22.8. The third-order valence-corrected chi connectivity index (χ3v) is 6.23. The fourth-order valence-corrected chi connectivity index (χ4v) is 4.38. The molecular formula is C30H42O2. The summed E-state index contributed by atoms with van der Waals surface area (Å²) in [5.74, 6) is 2.79. The van der Waals surface area contributed by atoms with E-state index in [2.05, 4.69) is 70.2 Å². The van der Waals surface area contributed by atoms with Gasteiger partial charge in [0.25, 0.3) is 0 Å². The Kier molecular flexibility index (Phi) is 9.71. The number of unbranched alkanes of at least 4 members (excludes halogenated alkanes) is 4. The van der Waals surface area contributed by atoms with Crippen molar-refractivity contribution in [1.29, 1.82) is 0 Å². The molecule has 3 aromatic rings. The Hall–Kier alpha value is -2.22. The molecular weight excluding hydrogens is 392 g/mol. The third kappa shape index (κ3) is 6.40. The largest absolute Gasteiger partial charge is 0.492 e. The first-order valence-electron chi connectivity index (χ1n) is 12.9. The van der Waals surface area contributed by atoms with Crippen LogP contribution >= 0.6 is 0 Å². The molecule has 0 aliphatic carbocycles. The minimum atomic E-state index is 0.750. The van der Waals surface area contributed by atoms with Crippen LogP contribution in [0.3, 0.4) is 0 Å². The number of fused-ring (bicyclic) bond motifs is 2. The van der Waals surface area contributed by atoms with Gasteiger partial charge in [0.05, 0.1) is 13.2 Å². The highest BCUT2D eigenvalue weighted by molar-refractivity contribution is 6.11. The molecule has 0 unspecified atom stereocenters. The highest BCUT2D eigenvalue weighted by Gasteiger charge is 2.16. The van der Waals surface area contributed by atoms with Crippen molar-refractivity contribution in [2.75, 3.05) is 13.2 Å². The smallest absolute Gasteiger partial charge is 0.135 e. The van der Waals surface area contributed by atoms with Crippen molar-refractivity contribution in [2.24, 2.45) is 5.92 Å². The molecule has 0 fully saturated rings. The quantitative estimate of drug-likeness (QED) is 0.186. The monoisotopic (exact) mass is 434 g/mol. The fourth-order valence-electron chi connectivity index (χ4n) is 4.38. The van der Waals surface area contributed by atoms with Gasteiger partial charge in [0.15, 0.2) is 0 Å². The maximum atomic E-state index is 6.47. The molecule has 0 aliphatic heterocycles. The summed E-state index contributed by atoms with van der Waals surface area (Å²) in [5.41, 5.74) is 1.39. The van der Waals surface area contributed by atoms with Gasteiger partial charge in [-0.05, 0) is 43.2 Å². The number of hydrogen-bond donors (Lipinski definition) is 0. The van der Waals surface area contributed by atoms with Crippen LogP contribution in [0.2, 0.25) is 0 Å². The van der Waals surface area contributed by atoms with Gasteiger partial charge in [-0.25, -0.2) is 0 Å². The van der Waals surface area contributed by atoms with E-state index in [4.69, 9.17) is 9.47 Å². The molecule has 0 N–H and O–H groups in total. The lowest BCUT2D eigenvalue weighted by Gasteiger charge is -2.19. The summed E-state index contributed by atoms with van der Waals surface area (Å²) in [6, 6.07) is 15.5. The SMILES string of the molecule is CCCCCOc1c2ccccc2c(OCCCCC)c2cc(CCCC(C)C)ccc12. The van der Waals surface area contributed by atoms with Crippen molar-refractivity contribution in [3.8, 4) is 11.5 Å². The molecule has 174 valence electrons. The minimum absolute atomic E-state index is 0.750. The standard InChI is InChI=1S/C30H42O2/c1-5-7-11-20-31-29-25-16-9-10-17-26(25)30(32-21-12-8-6-2)28-22-24(18-19-27(28)29)15-13-14-23(3)4/h9-10,16-19,22-23H,5-8,11-15,20-21H2,1-4H3. The van der Waals surface area contributed by atoms with Crippen LogP contribution in [0.5, 0.6) is 11.5 Å². The second-order valence-corrected chi connectivity index (χ2v) is 9.48. The summed E-state index contributed by atoms with van der Waals surface area (Å²) in [6.07, 6.45) is 10.6. The number of benzene rings is 3. The van der Waals surface area contributed by atoms with Gasteiger partial charge in [0.1, 0.15) is 11.5 Å². The number of rotatable bonds is 14. The third-order valence-electron chi connectivity index (χ3n) is 6.23. The van der Waals surface area contributed by atoms with Crippen molar-refractivity contribution in [3.05, 3.63) is 48.0 Å². The van der Waals surface area contributed by atoms with Gasteiger partial charge >= 0.3 is 0 Å². The topological polar surface area (TPSA) is 18.5 Å². The van der Waals surface area contributed by atoms with Gasteiger partial charge in [-0.2, -0.15) is 0 Å². The molecule has 3 aromatic carbocycles. The molecule has 0 aliphatic rings. The lowest BCUT2D eigenvalue weighted by Crippen LogP contribution is -2.02. The Morgan fingerprint density at radius 3 is 1.78 bits per heavy atom. The maximum absolute atomic E-state index is 6.47. The molecule has 0 radical (unpaired) electrons. The first-order chi connectivity index (χ1) is 15.7. The Morgan fingerprint density at radius 2 is 1.22 bits per heavy atom. The van der Waals surface area contributed by atoms with E-state index in [0.717, 1.165) is 55.3 Å². The van der Waals surface area contributed by atoms with Crippen molar-refractivity contribution >= 4 is 21.5 Å². The van der Waals surface area contributed by atoms with E-state index in [0.29, 0.717) is 0 Å². The van der Waals surface area contributed by atoms with E-state index < -0.39 is 0 Å². The van der Waals surface area contributed by atoms with Gasteiger partial charge in [-0.15, -0.1) is 0 Å². The maximum Gasteiger partial charge on any atom is 0.135 e. The van der Waals surface area contributed by atoms with Gasteiger partial charge < -0.3 is 9.47 Å². The molecule has 3 rings (SSSR count). The minimum Gasteiger partial charge on any atom is -0.492 e. The summed E-state index contributed by atoms with van der Waals surface area (Å²) in [6.45, 7) is 10.6. The van der Waals surface area contributed by atoms with E-state index in [-0.39, 0.29) is 0 Å². The normalized spacial score (nSPS) is 11.5. The van der Waals surface area contributed by atoms with Crippen molar-refractivity contribution in [1.82, 2.24) is 0 Å². The van der Waals surface area contributed by atoms with E-state index in [9.17, 15) is 0 Å². The first kappa shape index (κ1) is 24.4. The zero-order valence-electron chi connectivity index (χ0n) is 20.7. The first-order valence-corrected chi connectivity index (χ1v) is 12.9. The lowest BCUT2D eigenvalue weighted by molar-refractivity contribution is 0.308. The molecule has 0 bridgehead atoms. The molecule has 32 heavy (non-hydrogen) atoms.